The standard InChI is InChI=1S/C19H18ClN3O5S/c1-8-12(13(22-28-8)10-6-4-5-7-11(10)20)15(24)21-14-16(25)23-17(14)29-9(2)19(23,3)18(26)27/h4-7,9,14,17H,1-3H3,(H,21,24)(H,26,27)/t9?,14-,17-,19-/m1/s1. The number of aromatic nitrogens is 1. The van der Waals surface area contributed by atoms with Crippen molar-refractivity contribution in [1.29, 1.82) is 0 Å². The Morgan fingerprint density at radius 2 is 2.07 bits per heavy atom. The number of carboxylic acid groups (broad SMARTS) is 1. The molecule has 152 valence electrons. The number of carbonyl (C=O) groups is 3. The van der Waals surface area contributed by atoms with Crippen molar-refractivity contribution in [3.8, 4) is 11.3 Å². The lowest BCUT2D eigenvalue weighted by Crippen LogP contribution is -2.73. The highest BCUT2D eigenvalue weighted by atomic mass is 35.5. The van der Waals surface area contributed by atoms with Crippen LogP contribution in [0.5, 0.6) is 0 Å². The Labute approximate surface area is 175 Å². The van der Waals surface area contributed by atoms with E-state index in [1.807, 2.05) is 0 Å². The topological polar surface area (TPSA) is 113 Å². The van der Waals surface area contributed by atoms with Gasteiger partial charge in [0.2, 0.25) is 5.91 Å². The summed E-state index contributed by atoms with van der Waals surface area (Å²) in [6.45, 7) is 4.90. The van der Waals surface area contributed by atoms with Gasteiger partial charge in [0.1, 0.15) is 34.0 Å². The summed E-state index contributed by atoms with van der Waals surface area (Å²) in [7, 11) is 0. The number of aryl methyl sites for hydroxylation is 1. The van der Waals surface area contributed by atoms with Crippen molar-refractivity contribution in [3.63, 3.8) is 0 Å². The van der Waals surface area contributed by atoms with Crippen molar-refractivity contribution in [2.45, 2.75) is 43.0 Å². The van der Waals surface area contributed by atoms with Gasteiger partial charge in [0.25, 0.3) is 5.91 Å². The Balaban J connectivity index is 1.60. The number of benzene rings is 1. The third kappa shape index (κ3) is 2.75. The van der Waals surface area contributed by atoms with Crippen LogP contribution in [0.25, 0.3) is 11.3 Å². The van der Waals surface area contributed by atoms with Gasteiger partial charge in [-0.05, 0) is 19.9 Å². The normalized spacial score (nSPS) is 28.1. The molecule has 0 bridgehead atoms. The van der Waals surface area contributed by atoms with Crippen molar-refractivity contribution < 1.29 is 24.0 Å². The van der Waals surface area contributed by atoms with Gasteiger partial charge in [0.05, 0.1) is 5.02 Å². The van der Waals surface area contributed by atoms with Gasteiger partial charge >= 0.3 is 5.97 Å². The lowest BCUT2D eigenvalue weighted by Gasteiger charge is -2.47. The fourth-order valence-electron chi connectivity index (χ4n) is 3.73. The van der Waals surface area contributed by atoms with E-state index in [0.717, 1.165) is 0 Å². The maximum atomic E-state index is 13.0. The summed E-state index contributed by atoms with van der Waals surface area (Å²) in [6.07, 6.45) is 0. The highest BCUT2D eigenvalue weighted by Gasteiger charge is 2.66. The van der Waals surface area contributed by atoms with Gasteiger partial charge in [-0.3, -0.25) is 9.59 Å². The second kappa shape index (κ2) is 6.77. The molecule has 8 nitrogen and oxygen atoms in total. The summed E-state index contributed by atoms with van der Waals surface area (Å²) in [4.78, 5) is 38.8. The smallest absolute Gasteiger partial charge is 0.330 e. The predicted molar refractivity (Wildman–Crippen MR) is 107 cm³/mol. The SMILES string of the molecule is Cc1onc(-c2ccccc2Cl)c1C(=O)N[C@@H]1C(=O)N2[C@@H]1SC(C)[C@]2(C)C(=O)O. The van der Waals surface area contributed by atoms with Crippen LogP contribution in [-0.4, -0.2) is 55.2 Å². The van der Waals surface area contributed by atoms with Crippen LogP contribution in [0.4, 0.5) is 0 Å². The van der Waals surface area contributed by atoms with Crippen LogP contribution in [-0.2, 0) is 9.59 Å². The number of amides is 2. The molecule has 2 fully saturated rings. The summed E-state index contributed by atoms with van der Waals surface area (Å²) in [6, 6.07) is 6.12. The molecule has 4 rings (SSSR count). The molecule has 2 saturated heterocycles. The fraction of sp³-hybridized carbons (Fsp3) is 0.368. The van der Waals surface area contributed by atoms with Crippen molar-refractivity contribution in [3.05, 3.63) is 40.6 Å². The molecule has 2 N–H and O–H groups in total. The van der Waals surface area contributed by atoms with Crippen LogP contribution < -0.4 is 5.32 Å². The Morgan fingerprint density at radius 1 is 1.38 bits per heavy atom. The van der Waals surface area contributed by atoms with E-state index in [0.29, 0.717) is 16.3 Å². The third-order valence-electron chi connectivity index (χ3n) is 5.62. The minimum Gasteiger partial charge on any atom is -0.479 e. The first kappa shape index (κ1) is 19.8. The third-order valence-corrected chi connectivity index (χ3v) is 7.58. The number of hydrogen-bond acceptors (Lipinski definition) is 6. The van der Waals surface area contributed by atoms with E-state index in [1.54, 1.807) is 38.1 Å². The number of carboxylic acids is 1. The average molecular weight is 436 g/mol. The predicted octanol–water partition coefficient (Wildman–Crippen LogP) is 2.55. The van der Waals surface area contributed by atoms with Crippen LogP contribution in [0.15, 0.2) is 28.8 Å². The molecule has 1 unspecified atom stereocenters. The molecule has 2 aromatic rings. The summed E-state index contributed by atoms with van der Waals surface area (Å²) in [5.41, 5.74) is -0.276. The monoisotopic (exact) mass is 435 g/mol. The number of rotatable bonds is 4. The molecule has 3 heterocycles. The molecule has 29 heavy (non-hydrogen) atoms. The maximum absolute atomic E-state index is 13.0. The molecule has 0 spiro atoms. The molecule has 2 amide bonds. The highest BCUT2D eigenvalue weighted by molar-refractivity contribution is 8.01. The minimum absolute atomic E-state index is 0.196. The number of halogens is 1. The first-order chi connectivity index (χ1) is 13.7. The first-order valence-electron chi connectivity index (χ1n) is 8.92. The van der Waals surface area contributed by atoms with Crippen LogP contribution in [0, 0.1) is 6.92 Å². The molecule has 2 aliphatic heterocycles. The second-order valence-corrected chi connectivity index (χ2v) is 9.09. The molecule has 0 radical (unpaired) electrons. The summed E-state index contributed by atoms with van der Waals surface area (Å²) < 4.78 is 5.21. The zero-order valence-electron chi connectivity index (χ0n) is 15.8. The average Bonchev–Trinajstić information content (AvgIpc) is 3.17. The Hall–Kier alpha value is -2.52. The number of nitrogens with zero attached hydrogens (tertiary/aromatic N) is 2. The van der Waals surface area contributed by atoms with Gasteiger partial charge in [-0.15, -0.1) is 11.8 Å². The molecule has 0 saturated carbocycles. The largest absolute Gasteiger partial charge is 0.479 e. The zero-order chi connectivity index (χ0) is 21.1. The molecular weight excluding hydrogens is 418 g/mol. The lowest BCUT2D eigenvalue weighted by atomic mass is 9.90. The van der Waals surface area contributed by atoms with E-state index in [1.165, 1.54) is 23.6 Å². The van der Waals surface area contributed by atoms with E-state index < -0.39 is 34.7 Å². The van der Waals surface area contributed by atoms with E-state index >= 15 is 0 Å². The molecule has 1 aromatic carbocycles. The fourth-order valence-corrected chi connectivity index (χ4v) is 5.64. The van der Waals surface area contributed by atoms with Crippen LogP contribution in [0.2, 0.25) is 5.02 Å². The van der Waals surface area contributed by atoms with Gasteiger partial charge in [-0.2, -0.15) is 0 Å². The lowest BCUT2D eigenvalue weighted by molar-refractivity contribution is -0.167. The second-order valence-electron chi connectivity index (χ2n) is 7.22. The van der Waals surface area contributed by atoms with Gasteiger partial charge < -0.3 is 19.8 Å². The summed E-state index contributed by atoms with van der Waals surface area (Å²) in [5.74, 6) is -1.70. The highest BCUT2D eigenvalue weighted by Crippen LogP contribution is 2.50. The minimum atomic E-state index is -1.30. The number of hydrogen-bond donors (Lipinski definition) is 2. The molecule has 4 atom stereocenters. The van der Waals surface area contributed by atoms with E-state index in [2.05, 4.69) is 10.5 Å². The van der Waals surface area contributed by atoms with E-state index in [9.17, 15) is 19.5 Å². The van der Waals surface area contributed by atoms with Crippen molar-refractivity contribution in [2.75, 3.05) is 0 Å². The molecule has 1 aromatic heterocycles. The van der Waals surface area contributed by atoms with Gasteiger partial charge in [0, 0.05) is 10.8 Å². The molecule has 10 heteroatoms. The van der Waals surface area contributed by atoms with Crippen LogP contribution >= 0.6 is 23.4 Å². The zero-order valence-corrected chi connectivity index (χ0v) is 17.4. The van der Waals surface area contributed by atoms with Crippen molar-refractivity contribution in [1.82, 2.24) is 15.4 Å². The molecular formula is C19H18ClN3O5S. The number of fused-ring (bicyclic) bond motifs is 1. The Kier molecular flexibility index (Phi) is 4.62. The summed E-state index contributed by atoms with van der Waals surface area (Å²) in [5, 5.41) is 15.9. The Bertz CT molecular complexity index is 1040. The quantitative estimate of drug-likeness (QED) is 0.709. The van der Waals surface area contributed by atoms with Crippen molar-refractivity contribution >= 4 is 41.1 Å². The van der Waals surface area contributed by atoms with Crippen LogP contribution in [0.1, 0.15) is 30.0 Å². The van der Waals surface area contributed by atoms with Gasteiger partial charge in [0.15, 0.2) is 0 Å². The molecule has 0 aliphatic carbocycles. The Morgan fingerprint density at radius 3 is 2.72 bits per heavy atom. The maximum Gasteiger partial charge on any atom is 0.330 e. The summed E-state index contributed by atoms with van der Waals surface area (Å²) >= 11 is 7.59. The number of β-lactam (4-membered cyclic amide) rings is 1. The van der Waals surface area contributed by atoms with Gasteiger partial charge in [-0.25, -0.2) is 4.79 Å². The van der Waals surface area contributed by atoms with Gasteiger partial charge in [-0.1, -0.05) is 41.9 Å². The van der Waals surface area contributed by atoms with Crippen molar-refractivity contribution in [2.24, 2.45) is 0 Å². The number of nitrogens with one attached hydrogen (secondary N) is 1. The van der Waals surface area contributed by atoms with E-state index in [4.69, 9.17) is 16.1 Å². The van der Waals surface area contributed by atoms with E-state index in [-0.39, 0.29) is 16.5 Å². The molecule has 2 aliphatic rings. The van der Waals surface area contributed by atoms with Crippen LogP contribution in [0.3, 0.4) is 0 Å². The number of thioether (sulfide) groups is 1. The number of carbonyl (C=O) groups excluding carboxylic acids is 2. The first-order valence-corrected chi connectivity index (χ1v) is 10.2. The number of aliphatic carboxylic acids is 1.